The van der Waals surface area contributed by atoms with Crippen molar-refractivity contribution >= 4 is 5.91 Å². The van der Waals surface area contributed by atoms with Gasteiger partial charge in [0.1, 0.15) is 13.2 Å². The number of carbonyl (C=O) groups excluding carboxylic acids is 1. The molecule has 0 saturated heterocycles. The summed E-state index contributed by atoms with van der Waals surface area (Å²) in [5.74, 6) is 2.22. The third kappa shape index (κ3) is 4.26. The van der Waals surface area contributed by atoms with Gasteiger partial charge in [-0.3, -0.25) is 4.79 Å². The van der Waals surface area contributed by atoms with Gasteiger partial charge in [0.25, 0.3) is 0 Å². The van der Waals surface area contributed by atoms with Crippen LogP contribution in [0, 0.1) is 19.8 Å². The van der Waals surface area contributed by atoms with Crippen LogP contribution in [0.2, 0.25) is 0 Å². The minimum atomic E-state index is 0.0624. The van der Waals surface area contributed by atoms with E-state index in [4.69, 9.17) is 9.47 Å². The lowest BCUT2D eigenvalue weighted by molar-refractivity contribution is -0.122. The van der Waals surface area contributed by atoms with Crippen molar-refractivity contribution in [2.75, 3.05) is 13.2 Å². The van der Waals surface area contributed by atoms with E-state index in [9.17, 15) is 4.79 Å². The van der Waals surface area contributed by atoms with Gasteiger partial charge in [-0.1, -0.05) is 29.8 Å². The number of hydrogen-bond acceptors (Lipinski definition) is 3. The average molecular weight is 365 g/mol. The van der Waals surface area contributed by atoms with Gasteiger partial charge in [-0.25, -0.2) is 0 Å². The normalized spacial score (nSPS) is 16.7. The van der Waals surface area contributed by atoms with Gasteiger partial charge in [0, 0.05) is 6.42 Å². The maximum absolute atomic E-state index is 12.6. The summed E-state index contributed by atoms with van der Waals surface area (Å²) in [6.45, 7) is 5.37. The molecule has 2 aliphatic rings. The van der Waals surface area contributed by atoms with E-state index in [0.717, 1.165) is 36.3 Å². The van der Waals surface area contributed by atoms with Crippen LogP contribution >= 0.6 is 0 Å². The van der Waals surface area contributed by atoms with Crippen LogP contribution in [0.3, 0.4) is 0 Å². The van der Waals surface area contributed by atoms with Crippen molar-refractivity contribution in [1.29, 1.82) is 0 Å². The first-order valence-corrected chi connectivity index (χ1v) is 9.85. The number of amides is 1. The number of benzene rings is 2. The molecule has 0 aromatic heterocycles. The summed E-state index contributed by atoms with van der Waals surface area (Å²) in [6, 6.07) is 12.5. The summed E-state index contributed by atoms with van der Waals surface area (Å²) in [7, 11) is 0. The van der Waals surface area contributed by atoms with Gasteiger partial charge < -0.3 is 14.8 Å². The highest BCUT2D eigenvalue weighted by Gasteiger charge is 2.34. The van der Waals surface area contributed by atoms with E-state index < -0.39 is 0 Å². The summed E-state index contributed by atoms with van der Waals surface area (Å²) >= 11 is 0. The van der Waals surface area contributed by atoms with Crippen LogP contribution in [0.1, 0.15) is 47.6 Å². The van der Waals surface area contributed by atoms with Gasteiger partial charge in [-0.05, 0) is 67.9 Å². The van der Waals surface area contributed by atoms with Crippen molar-refractivity contribution in [3.63, 3.8) is 0 Å². The van der Waals surface area contributed by atoms with Crippen molar-refractivity contribution in [2.45, 2.75) is 45.6 Å². The fourth-order valence-electron chi connectivity index (χ4n) is 3.78. The maximum atomic E-state index is 12.6. The highest BCUT2D eigenvalue weighted by atomic mass is 16.6. The smallest absolute Gasteiger partial charge is 0.220 e. The van der Waals surface area contributed by atoms with E-state index >= 15 is 0 Å². The van der Waals surface area contributed by atoms with E-state index in [0.29, 0.717) is 25.6 Å². The van der Waals surface area contributed by atoms with Crippen LogP contribution in [0.5, 0.6) is 11.5 Å². The molecule has 1 amide bonds. The Kier molecular flexibility index (Phi) is 5.06. The number of aryl methyl sites for hydroxylation is 3. The Morgan fingerprint density at radius 1 is 1.07 bits per heavy atom. The average Bonchev–Trinajstić information content (AvgIpc) is 3.50. The van der Waals surface area contributed by atoms with Gasteiger partial charge in [0.2, 0.25) is 5.91 Å². The van der Waals surface area contributed by atoms with E-state index in [1.54, 1.807) is 0 Å². The summed E-state index contributed by atoms with van der Waals surface area (Å²) in [5, 5.41) is 3.27. The molecular formula is C23H27NO3. The van der Waals surface area contributed by atoms with Gasteiger partial charge in [-0.15, -0.1) is 0 Å². The zero-order valence-corrected chi connectivity index (χ0v) is 16.1. The van der Waals surface area contributed by atoms with Crippen molar-refractivity contribution in [3.05, 3.63) is 58.7 Å². The number of hydrogen-bond donors (Lipinski definition) is 1. The standard InChI is InChI=1S/C23H27NO3/c1-15-3-4-17(16(2)13-15)8-10-22(25)24-23(18-5-6-18)19-7-9-20-21(14-19)27-12-11-26-20/h3-4,7,9,13-14,18,23H,5-6,8,10-12H2,1-2H3,(H,24,25). The molecule has 1 aliphatic carbocycles. The number of fused-ring (bicyclic) bond motifs is 1. The third-order valence-electron chi connectivity index (χ3n) is 5.45. The number of carbonyl (C=O) groups is 1. The molecule has 1 fully saturated rings. The Morgan fingerprint density at radius 2 is 1.85 bits per heavy atom. The van der Waals surface area contributed by atoms with Crippen molar-refractivity contribution in [1.82, 2.24) is 5.32 Å². The lowest BCUT2D eigenvalue weighted by Gasteiger charge is -2.23. The summed E-state index contributed by atoms with van der Waals surface area (Å²) in [4.78, 5) is 12.6. The molecule has 2 aromatic rings. The minimum Gasteiger partial charge on any atom is -0.486 e. The Hall–Kier alpha value is -2.49. The SMILES string of the molecule is Cc1ccc(CCC(=O)NC(c2ccc3c(c2)OCCO3)C2CC2)c(C)c1. The topological polar surface area (TPSA) is 47.6 Å². The Morgan fingerprint density at radius 3 is 2.59 bits per heavy atom. The zero-order chi connectivity index (χ0) is 18.8. The van der Waals surface area contributed by atoms with Crippen LogP contribution in [0.15, 0.2) is 36.4 Å². The minimum absolute atomic E-state index is 0.0624. The Balaban J connectivity index is 1.42. The molecule has 1 atom stereocenters. The lowest BCUT2D eigenvalue weighted by Crippen LogP contribution is -2.30. The molecular weight excluding hydrogens is 338 g/mol. The van der Waals surface area contributed by atoms with E-state index in [1.807, 2.05) is 12.1 Å². The van der Waals surface area contributed by atoms with Crippen molar-refractivity contribution < 1.29 is 14.3 Å². The van der Waals surface area contributed by atoms with Crippen LogP contribution in [-0.4, -0.2) is 19.1 Å². The van der Waals surface area contributed by atoms with E-state index in [2.05, 4.69) is 43.4 Å². The van der Waals surface area contributed by atoms with Gasteiger partial charge in [0.15, 0.2) is 11.5 Å². The van der Waals surface area contributed by atoms with Gasteiger partial charge >= 0.3 is 0 Å². The van der Waals surface area contributed by atoms with Crippen molar-refractivity contribution in [2.24, 2.45) is 5.92 Å². The highest BCUT2D eigenvalue weighted by Crippen LogP contribution is 2.43. The Bertz CT molecular complexity index is 842. The molecule has 0 radical (unpaired) electrons. The second-order valence-electron chi connectivity index (χ2n) is 7.72. The predicted octanol–water partition coefficient (Wildman–Crippen LogP) is 4.27. The number of rotatable bonds is 6. The summed E-state index contributed by atoms with van der Waals surface area (Å²) < 4.78 is 11.3. The molecule has 0 bridgehead atoms. The molecule has 4 heteroatoms. The fraction of sp³-hybridized carbons (Fsp3) is 0.435. The molecule has 1 N–H and O–H groups in total. The quantitative estimate of drug-likeness (QED) is 0.831. The molecule has 0 spiro atoms. The fourth-order valence-corrected chi connectivity index (χ4v) is 3.78. The summed E-state index contributed by atoms with van der Waals surface area (Å²) in [5.41, 5.74) is 4.88. The molecule has 1 aliphatic heterocycles. The lowest BCUT2D eigenvalue weighted by atomic mass is 9.99. The highest BCUT2D eigenvalue weighted by molar-refractivity contribution is 5.77. The molecule has 27 heavy (non-hydrogen) atoms. The molecule has 1 saturated carbocycles. The maximum Gasteiger partial charge on any atom is 0.220 e. The van der Waals surface area contributed by atoms with Crippen LogP contribution in [0.4, 0.5) is 0 Å². The molecule has 142 valence electrons. The first-order chi connectivity index (χ1) is 13.1. The van der Waals surface area contributed by atoms with Crippen LogP contribution in [-0.2, 0) is 11.2 Å². The largest absolute Gasteiger partial charge is 0.486 e. The zero-order valence-electron chi connectivity index (χ0n) is 16.1. The molecule has 1 unspecified atom stereocenters. The first kappa shape index (κ1) is 17.9. The monoisotopic (exact) mass is 365 g/mol. The van der Waals surface area contributed by atoms with Gasteiger partial charge in [-0.2, -0.15) is 0 Å². The van der Waals surface area contributed by atoms with E-state index in [1.165, 1.54) is 16.7 Å². The second-order valence-corrected chi connectivity index (χ2v) is 7.72. The second kappa shape index (κ2) is 7.63. The first-order valence-electron chi connectivity index (χ1n) is 9.85. The number of ether oxygens (including phenoxy) is 2. The molecule has 4 nitrogen and oxygen atoms in total. The number of nitrogens with one attached hydrogen (secondary N) is 1. The third-order valence-corrected chi connectivity index (χ3v) is 5.45. The predicted molar refractivity (Wildman–Crippen MR) is 105 cm³/mol. The van der Waals surface area contributed by atoms with Gasteiger partial charge in [0.05, 0.1) is 6.04 Å². The molecule has 1 heterocycles. The molecule has 4 rings (SSSR count). The van der Waals surface area contributed by atoms with Crippen LogP contribution in [0.25, 0.3) is 0 Å². The summed E-state index contributed by atoms with van der Waals surface area (Å²) in [6.07, 6.45) is 3.61. The Labute approximate surface area is 160 Å². The van der Waals surface area contributed by atoms with E-state index in [-0.39, 0.29) is 11.9 Å². The molecule has 2 aromatic carbocycles. The van der Waals surface area contributed by atoms with Crippen molar-refractivity contribution in [3.8, 4) is 11.5 Å². The van der Waals surface area contributed by atoms with Crippen LogP contribution < -0.4 is 14.8 Å².